The summed E-state index contributed by atoms with van der Waals surface area (Å²) in [5.74, 6) is 4.57. The molecule has 4 saturated carbocycles. The molecule has 2 unspecified atom stereocenters. The Hall–Kier alpha value is -0.0800. The maximum absolute atomic E-state index is 3.71. The third-order valence-electron chi connectivity index (χ3n) is 9.03. The fourth-order valence-corrected chi connectivity index (χ4v) is 5.74. The van der Waals surface area contributed by atoms with Crippen molar-refractivity contribution in [3.8, 4) is 0 Å². The normalized spacial score (nSPS) is 33.9. The van der Waals surface area contributed by atoms with E-state index in [-0.39, 0.29) is 0 Å². The summed E-state index contributed by atoms with van der Waals surface area (Å²) in [7, 11) is 2.01. The van der Waals surface area contributed by atoms with Crippen molar-refractivity contribution in [2.24, 2.45) is 40.4 Å². The lowest BCUT2D eigenvalue weighted by atomic mass is 9.49. The molecule has 4 aliphatic rings. The number of hydrogen-bond donors (Lipinski definition) is 2. The van der Waals surface area contributed by atoms with E-state index < -0.39 is 0 Å². The van der Waals surface area contributed by atoms with E-state index in [9.17, 15) is 0 Å². The van der Waals surface area contributed by atoms with Gasteiger partial charge in [0.15, 0.2) is 0 Å². The van der Waals surface area contributed by atoms with Gasteiger partial charge in [-0.05, 0) is 73.2 Å². The largest absolute Gasteiger partial charge is 0.318 e. The standard InChI is InChI=1S/C14H30N2.C9H16.3C2H6/c1-10-9-13(16-8-7-15-6)11(2)12(3)14(10,4)5;1-9(2)7-4-3-5-8(9)6-7;3*1-2/h10-13,15-16H,7-9H2,1-6H3;7-8H,3-6H2,1-2H3;3*1-2H3/t10-,11+,12+,13+;;;;/m0..../s1. The first-order valence-corrected chi connectivity index (χ1v) is 14.0. The molecule has 0 amide bonds. The van der Waals surface area contributed by atoms with Crippen LogP contribution >= 0.6 is 0 Å². The lowest BCUT2D eigenvalue weighted by molar-refractivity contribution is -0.0646. The minimum Gasteiger partial charge on any atom is -0.318 e. The molecule has 2 bridgehead atoms. The van der Waals surface area contributed by atoms with Crippen molar-refractivity contribution < 1.29 is 0 Å². The zero-order valence-corrected chi connectivity index (χ0v) is 24.4. The van der Waals surface area contributed by atoms with E-state index in [1.54, 1.807) is 6.42 Å². The first-order chi connectivity index (χ1) is 14.6. The Morgan fingerprint density at radius 3 is 1.55 bits per heavy atom. The van der Waals surface area contributed by atoms with E-state index in [2.05, 4.69) is 59.1 Å². The molecule has 2 nitrogen and oxygen atoms in total. The second-order valence-corrected chi connectivity index (χ2v) is 10.7. The highest BCUT2D eigenvalue weighted by Gasteiger charge is 2.49. The van der Waals surface area contributed by atoms with Crippen LogP contribution in [0.3, 0.4) is 0 Å². The van der Waals surface area contributed by atoms with Crippen molar-refractivity contribution in [3.05, 3.63) is 0 Å². The Morgan fingerprint density at radius 1 is 0.710 bits per heavy atom. The van der Waals surface area contributed by atoms with Crippen LogP contribution in [0.15, 0.2) is 0 Å². The number of nitrogens with one attached hydrogen (secondary N) is 2. The fraction of sp³-hybridized carbons (Fsp3) is 1.00. The summed E-state index contributed by atoms with van der Waals surface area (Å²) in [6, 6.07) is 0.700. The van der Waals surface area contributed by atoms with Crippen molar-refractivity contribution in [1.29, 1.82) is 0 Å². The predicted octanol–water partition coefficient (Wildman–Crippen LogP) is 8.41. The van der Waals surface area contributed by atoms with Gasteiger partial charge in [-0.2, -0.15) is 0 Å². The van der Waals surface area contributed by atoms with Crippen molar-refractivity contribution in [3.63, 3.8) is 0 Å². The Morgan fingerprint density at radius 2 is 1.19 bits per heavy atom. The number of hydrogen-bond acceptors (Lipinski definition) is 2. The molecule has 0 aromatic rings. The van der Waals surface area contributed by atoms with Crippen LogP contribution in [0, 0.1) is 40.4 Å². The number of likely N-dealkylation sites (N-methyl/N-ethyl adjacent to an activating group) is 1. The van der Waals surface area contributed by atoms with E-state index in [1.807, 2.05) is 48.6 Å². The highest BCUT2D eigenvalue weighted by molar-refractivity contribution is 4.99. The monoisotopic (exact) mass is 441 g/mol. The van der Waals surface area contributed by atoms with Crippen LogP contribution in [0.1, 0.15) is 122 Å². The first-order valence-electron chi connectivity index (χ1n) is 14.0. The van der Waals surface area contributed by atoms with E-state index in [1.165, 1.54) is 25.7 Å². The quantitative estimate of drug-likeness (QED) is 0.429. The smallest absolute Gasteiger partial charge is 0.00987 e. The molecule has 4 rings (SSSR count). The zero-order chi connectivity index (χ0) is 24.8. The summed E-state index contributed by atoms with van der Waals surface area (Å²) in [6.07, 6.45) is 7.42. The lowest BCUT2D eigenvalue weighted by Gasteiger charge is -2.56. The van der Waals surface area contributed by atoms with Crippen LogP contribution in [0.25, 0.3) is 0 Å². The average molecular weight is 441 g/mol. The summed E-state index contributed by atoms with van der Waals surface area (Å²) in [5, 5.41) is 6.91. The Kier molecular flexibility index (Phi) is 17.6. The van der Waals surface area contributed by atoms with Gasteiger partial charge in [-0.1, -0.05) is 96.4 Å². The Labute approximate surface area is 199 Å². The van der Waals surface area contributed by atoms with Crippen LogP contribution in [0.4, 0.5) is 0 Å². The molecular formula is C29H64N2. The van der Waals surface area contributed by atoms with Gasteiger partial charge in [0.05, 0.1) is 0 Å². The topological polar surface area (TPSA) is 24.1 Å². The molecule has 0 aliphatic heterocycles. The molecule has 0 radical (unpaired) electrons. The molecule has 0 aromatic carbocycles. The SMILES string of the molecule is CC.CC.CC.CC1(C)C2CCCC1C2.CNCCN[C@@H]1C[C@H](C)C(C)(C)[C@H](C)[C@H]1C. The van der Waals surface area contributed by atoms with Gasteiger partial charge in [0.1, 0.15) is 0 Å². The third kappa shape index (κ3) is 9.00. The van der Waals surface area contributed by atoms with Crippen LogP contribution in [0.2, 0.25) is 0 Å². The second kappa shape index (κ2) is 16.5. The second-order valence-electron chi connectivity index (χ2n) is 10.7. The van der Waals surface area contributed by atoms with E-state index in [0.29, 0.717) is 11.5 Å². The van der Waals surface area contributed by atoms with Gasteiger partial charge in [-0.25, -0.2) is 0 Å². The minimum atomic E-state index is 0.487. The fourth-order valence-electron chi connectivity index (χ4n) is 5.74. The maximum atomic E-state index is 3.71. The number of rotatable bonds is 4. The summed E-state index contributed by atoms with van der Waals surface area (Å²) in [4.78, 5) is 0. The van der Waals surface area contributed by atoms with Gasteiger partial charge in [0.25, 0.3) is 0 Å². The molecule has 31 heavy (non-hydrogen) atoms. The Balaban J connectivity index is 0. The van der Waals surface area contributed by atoms with Gasteiger partial charge in [0.2, 0.25) is 0 Å². The summed E-state index contributed by atoms with van der Waals surface area (Å²) in [5.41, 5.74) is 1.22. The first kappa shape index (κ1) is 33.1. The van der Waals surface area contributed by atoms with Crippen molar-refractivity contribution in [1.82, 2.24) is 10.6 Å². The predicted molar refractivity (Wildman–Crippen MR) is 145 cm³/mol. The average Bonchev–Trinajstić information content (AvgIpc) is 2.81. The van der Waals surface area contributed by atoms with Crippen molar-refractivity contribution in [2.75, 3.05) is 20.1 Å². The molecule has 0 spiro atoms. The van der Waals surface area contributed by atoms with E-state index >= 15 is 0 Å². The number of fused-ring (bicyclic) bond motifs is 2. The molecule has 0 aromatic heterocycles. The van der Waals surface area contributed by atoms with Crippen LogP contribution in [-0.2, 0) is 0 Å². The summed E-state index contributed by atoms with van der Waals surface area (Å²) in [6.45, 7) is 31.2. The molecular weight excluding hydrogens is 376 g/mol. The minimum absolute atomic E-state index is 0.487. The van der Waals surface area contributed by atoms with Crippen molar-refractivity contribution in [2.45, 2.75) is 128 Å². The molecule has 0 saturated heterocycles. The highest BCUT2D eigenvalue weighted by atomic mass is 15.0. The zero-order valence-electron chi connectivity index (χ0n) is 24.4. The molecule has 2 heteroatoms. The van der Waals surface area contributed by atoms with Gasteiger partial charge in [0, 0.05) is 19.1 Å². The summed E-state index contributed by atoms with van der Waals surface area (Å²) >= 11 is 0. The summed E-state index contributed by atoms with van der Waals surface area (Å²) < 4.78 is 0. The maximum Gasteiger partial charge on any atom is 0.00987 e. The molecule has 2 N–H and O–H groups in total. The van der Waals surface area contributed by atoms with Crippen LogP contribution in [0.5, 0.6) is 0 Å². The molecule has 4 aliphatic carbocycles. The highest BCUT2D eigenvalue weighted by Crippen LogP contribution is 2.58. The third-order valence-corrected chi connectivity index (χ3v) is 9.03. The molecule has 4 fully saturated rings. The molecule has 190 valence electrons. The lowest BCUT2D eigenvalue weighted by Crippen LogP contribution is -2.51. The molecule has 0 heterocycles. The van der Waals surface area contributed by atoms with E-state index in [4.69, 9.17) is 0 Å². The van der Waals surface area contributed by atoms with E-state index in [0.717, 1.165) is 48.1 Å². The van der Waals surface area contributed by atoms with Gasteiger partial charge >= 0.3 is 0 Å². The van der Waals surface area contributed by atoms with Gasteiger partial charge in [-0.3, -0.25) is 0 Å². The molecule has 6 atom stereocenters. The van der Waals surface area contributed by atoms with Crippen molar-refractivity contribution >= 4 is 0 Å². The van der Waals surface area contributed by atoms with Gasteiger partial charge in [-0.15, -0.1) is 0 Å². The van der Waals surface area contributed by atoms with Crippen LogP contribution in [-0.4, -0.2) is 26.2 Å². The Bertz CT molecular complexity index is 399. The van der Waals surface area contributed by atoms with Crippen LogP contribution < -0.4 is 10.6 Å². The van der Waals surface area contributed by atoms with Gasteiger partial charge < -0.3 is 10.6 Å².